The number of rotatable bonds is 3. The molecule has 1 aromatic rings. The van der Waals surface area contributed by atoms with Gasteiger partial charge in [0.1, 0.15) is 6.54 Å². The molecule has 0 saturated heterocycles. The Morgan fingerprint density at radius 3 is 2.33 bits per heavy atom. The molecule has 0 radical (unpaired) electrons. The molecule has 15 heavy (non-hydrogen) atoms. The van der Waals surface area contributed by atoms with Crippen molar-refractivity contribution in [1.29, 1.82) is 0 Å². The number of primary amides is 1. The minimum atomic E-state index is -4.34. The average Bonchev–Trinajstić information content (AvgIpc) is 2.14. The van der Waals surface area contributed by atoms with E-state index in [1.165, 1.54) is 0 Å². The molecule has 0 atom stereocenters. The number of nitrogens with one attached hydrogen (secondary N) is 1. The number of carbonyl (C=O) groups is 1. The van der Waals surface area contributed by atoms with Crippen LogP contribution in [0.25, 0.3) is 0 Å². The topological polar surface area (TPSA) is 80.9 Å². The van der Waals surface area contributed by atoms with E-state index in [2.05, 4.69) is 9.97 Å². The molecular formula is C7H7F3N4O. The number of halogens is 3. The maximum Gasteiger partial charge on any atom is 0.405 e. The second-order valence-electron chi connectivity index (χ2n) is 2.63. The van der Waals surface area contributed by atoms with Crippen LogP contribution in [0, 0.1) is 0 Å². The highest BCUT2D eigenvalue weighted by Gasteiger charge is 2.26. The molecule has 5 nitrogen and oxygen atoms in total. The lowest BCUT2D eigenvalue weighted by molar-refractivity contribution is -0.115. The van der Waals surface area contributed by atoms with E-state index in [1.807, 2.05) is 5.32 Å². The van der Waals surface area contributed by atoms with E-state index in [0.29, 0.717) is 0 Å². The van der Waals surface area contributed by atoms with Gasteiger partial charge in [-0.2, -0.15) is 13.2 Å². The number of nitrogens with zero attached hydrogens (tertiary/aromatic N) is 2. The second kappa shape index (κ2) is 4.11. The van der Waals surface area contributed by atoms with Crippen molar-refractivity contribution in [3.05, 3.63) is 18.0 Å². The van der Waals surface area contributed by atoms with Crippen LogP contribution < -0.4 is 11.1 Å². The highest BCUT2D eigenvalue weighted by Crippen LogP contribution is 2.14. The van der Waals surface area contributed by atoms with Gasteiger partial charge in [-0.05, 0) is 0 Å². The van der Waals surface area contributed by atoms with Crippen LogP contribution in [0.1, 0.15) is 10.4 Å². The first-order chi connectivity index (χ1) is 6.88. The predicted octanol–water partition coefficient (Wildman–Crippen LogP) is 0.550. The van der Waals surface area contributed by atoms with Crippen LogP contribution in [0.4, 0.5) is 19.1 Å². The Morgan fingerprint density at radius 1 is 1.40 bits per heavy atom. The van der Waals surface area contributed by atoms with Crippen molar-refractivity contribution in [3.63, 3.8) is 0 Å². The Kier molecular flexibility index (Phi) is 3.08. The van der Waals surface area contributed by atoms with Gasteiger partial charge in [0.2, 0.25) is 5.95 Å². The zero-order valence-electron chi connectivity index (χ0n) is 7.38. The molecule has 0 bridgehead atoms. The van der Waals surface area contributed by atoms with Gasteiger partial charge in [-0.3, -0.25) is 4.79 Å². The SMILES string of the molecule is NC(=O)c1cnc(NCC(F)(F)F)nc1. The van der Waals surface area contributed by atoms with Crippen molar-refractivity contribution < 1.29 is 18.0 Å². The van der Waals surface area contributed by atoms with Gasteiger partial charge in [-0.25, -0.2) is 9.97 Å². The molecular weight excluding hydrogens is 213 g/mol. The largest absolute Gasteiger partial charge is 0.405 e. The van der Waals surface area contributed by atoms with Crippen molar-refractivity contribution in [2.45, 2.75) is 6.18 Å². The van der Waals surface area contributed by atoms with Gasteiger partial charge in [0.05, 0.1) is 5.56 Å². The van der Waals surface area contributed by atoms with Crippen LogP contribution in [-0.2, 0) is 0 Å². The Bertz CT molecular complexity index is 348. The number of aromatic nitrogens is 2. The van der Waals surface area contributed by atoms with E-state index >= 15 is 0 Å². The molecule has 82 valence electrons. The highest BCUT2D eigenvalue weighted by atomic mass is 19.4. The first-order valence-electron chi connectivity index (χ1n) is 3.81. The first kappa shape index (κ1) is 11.2. The van der Waals surface area contributed by atoms with Gasteiger partial charge in [-0.15, -0.1) is 0 Å². The molecule has 0 aromatic carbocycles. The quantitative estimate of drug-likeness (QED) is 0.779. The fraction of sp³-hybridized carbons (Fsp3) is 0.286. The van der Waals surface area contributed by atoms with Crippen LogP contribution in [0.3, 0.4) is 0 Å². The lowest BCUT2D eigenvalue weighted by Crippen LogP contribution is -2.22. The van der Waals surface area contributed by atoms with Gasteiger partial charge in [0.15, 0.2) is 0 Å². The average molecular weight is 220 g/mol. The van der Waals surface area contributed by atoms with Gasteiger partial charge >= 0.3 is 6.18 Å². The normalized spacial score (nSPS) is 11.1. The summed E-state index contributed by atoms with van der Waals surface area (Å²) in [4.78, 5) is 17.5. The Morgan fingerprint density at radius 2 is 1.93 bits per heavy atom. The summed E-state index contributed by atoms with van der Waals surface area (Å²) in [7, 11) is 0. The number of nitrogens with two attached hydrogens (primary N) is 1. The third-order valence-corrected chi connectivity index (χ3v) is 1.38. The summed E-state index contributed by atoms with van der Waals surface area (Å²) in [5.74, 6) is -0.949. The van der Waals surface area contributed by atoms with Crippen LogP contribution in [0.15, 0.2) is 12.4 Å². The Hall–Kier alpha value is -1.86. The summed E-state index contributed by atoms with van der Waals surface area (Å²) < 4.78 is 35.3. The van der Waals surface area contributed by atoms with E-state index in [9.17, 15) is 18.0 Å². The van der Waals surface area contributed by atoms with E-state index < -0.39 is 18.6 Å². The smallest absolute Gasteiger partial charge is 0.366 e. The maximum atomic E-state index is 11.8. The predicted molar refractivity (Wildman–Crippen MR) is 45.1 cm³/mol. The summed E-state index contributed by atoms with van der Waals surface area (Å²) in [5.41, 5.74) is 4.92. The molecule has 0 spiro atoms. The molecule has 0 aliphatic heterocycles. The summed E-state index contributed by atoms with van der Waals surface area (Å²) in [6.07, 6.45) is -2.24. The van der Waals surface area contributed by atoms with Crippen molar-refractivity contribution in [2.75, 3.05) is 11.9 Å². The molecule has 0 saturated carbocycles. The molecule has 0 aliphatic carbocycles. The molecule has 1 amide bonds. The number of hydrogen-bond donors (Lipinski definition) is 2. The van der Waals surface area contributed by atoms with Crippen LogP contribution >= 0.6 is 0 Å². The summed E-state index contributed by atoms with van der Waals surface area (Å²) >= 11 is 0. The maximum absolute atomic E-state index is 11.8. The van der Waals surface area contributed by atoms with Crippen LogP contribution in [0.5, 0.6) is 0 Å². The van der Waals surface area contributed by atoms with E-state index in [4.69, 9.17) is 5.73 Å². The number of carbonyl (C=O) groups excluding carboxylic acids is 1. The van der Waals surface area contributed by atoms with Crippen molar-refractivity contribution in [1.82, 2.24) is 9.97 Å². The molecule has 0 unspecified atom stereocenters. The monoisotopic (exact) mass is 220 g/mol. The lowest BCUT2D eigenvalue weighted by Gasteiger charge is -2.07. The van der Waals surface area contributed by atoms with E-state index in [-0.39, 0.29) is 11.5 Å². The zero-order chi connectivity index (χ0) is 11.5. The molecule has 3 N–H and O–H groups in total. The fourth-order valence-corrected chi connectivity index (χ4v) is 0.726. The molecule has 1 aromatic heterocycles. The highest BCUT2D eigenvalue weighted by molar-refractivity contribution is 5.92. The van der Waals surface area contributed by atoms with Crippen LogP contribution in [-0.4, -0.2) is 28.6 Å². The molecule has 1 heterocycles. The van der Waals surface area contributed by atoms with Gasteiger partial charge < -0.3 is 11.1 Å². The summed E-state index contributed by atoms with van der Waals surface area (Å²) in [5, 5.41) is 1.95. The van der Waals surface area contributed by atoms with Crippen molar-refractivity contribution in [2.24, 2.45) is 5.73 Å². The Labute approximate surface area is 82.5 Å². The zero-order valence-corrected chi connectivity index (χ0v) is 7.38. The first-order valence-corrected chi connectivity index (χ1v) is 3.81. The minimum absolute atomic E-state index is 0.0348. The lowest BCUT2D eigenvalue weighted by atomic mass is 10.3. The number of alkyl halides is 3. The fourth-order valence-electron chi connectivity index (χ4n) is 0.726. The van der Waals surface area contributed by atoms with Gasteiger partial charge in [0, 0.05) is 12.4 Å². The van der Waals surface area contributed by atoms with E-state index in [1.54, 1.807) is 0 Å². The number of anilines is 1. The minimum Gasteiger partial charge on any atom is -0.366 e. The van der Waals surface area contributed by atoms with Crippen molar-refractivity contribution >= 4 is 11.9 Å². The summed E-state index contributed by atoms with van der Waals surface area (Å²) in [6, 6.07) is 0. The van der Waals surface area contributed by atoms with Crippen LogP contribution in [0.2, 0.25) is 0 Å². The second-order valence-corrected chi connectivity index (χ2v) is 2.63. The third-order valence-electron chi connectivity index (χ3n) is 1.38. The number of hydrogen-bond acceptors (Lipinski definition) is 4. The molecule has 0 aliphatic rings. The van der Waals surface area contributed by atoms with E-state index in [0.717, 1.165) is 12.4 Å². The molecule has 8 heteroatoms. The standard InChI is InChI=1S/C7H7F3N4O/c8-7(9,10)3-14-6-12-1-4(2-13-6)5(11)15/h1-2H,3H2,(H2,11,15)(H,12,13,14). The number of amides is 1. The van der Waals surface area contributed by atoms with Gasteiger partial charge in [0.25, 0.3) is 5.91 Å². The summed E-state index contributed by atoms with van der Waals surface area (Å²) in [6.45, 7) is -1.23. The molecule has 0 fully saturated rings. The Balaban J connectivity index is 2.61. The third kappa shape index (κ3) is 3.79. The van der Waals surface area contributed by atoms with Crippen molar-refractivity contribution in [3.8, 4) is 0 Å². The molecule has 1 rings (SSSR count). The van der Waals surface area contributed by atoms with Gasteiger partial charge in [-0.1, -0.05) is 0 Å².